The Balaban J connectivity index is 2.22. The van der Waals surface area contributed by atoms with E-state index in [2.05, 4.69) is 5.10 Å². The van der Waals surface area contributed by atoms with Crippen molar-refractivity contribution in [3.63, 3.8) is 0 Å². The molecule has 4 nitrogen and oxygen atoms in total. The summed E-state index contributed by atoms with van der Waals surface area (Å²) in [4.78, 5) is 12.2. The van der Waals surface area contributed by atoms with Gasteiger partial charge in [0.2, 0.25) is 0 Å². The molecule has 0 saturated heterocycles. The van der Waals surface area contributed by atoms with Crippen LogP contribution in [-0.2, 0) is 11.3 Å². The van der Waals surface area contributed by atoms with Crippen LogP contribution in [0.25, 0.3) is 6.08 Å². The highest BCUT2D eigenvalue weighted by atomic mass is 35.5. The van der Waals surface area contributed by atoms with Gasteiger partial charge in [0.15, 0.2) is 5.78 Å². The van der Waals surface area contributed by atoms with Crippen LogP contribution >= 0.6 is 11.6 Å². The molecule has 0 N–H and O–H groups in total. The Hall–Kier alpha value is -2.38. The molecule has 23 heavy (non-hydrogen) atoms. The first-order valence-electron chi connectivity index (χ1n) is 7.23. The number of nitriles is 1. The molecule has 1 aromatic heterocycles. The maximum atomic E-state index is 12.2. The molecule has 0 bridgehead atoms. The van der Waals surface area contributed by atoms with E-state index in [1.807, 2.05) is 30.3 Å². The van der Waals surface area contributed by atoms with Crippen molar-refractivity contribution in [1.29, 1.82) is 5.26 Å². The molecule has 0 unspecified atom stereocenters. The summed E-state index contributed by atoms with van der Waals surface area (Å²) >= 11 is 6.14. The summed E-state index contributed by atoms with van der Waals surface area (Å²) < 4.78 is 1.73. The van der Waals surface area contributed by atoms with Crippen molar-refractivity contribution in [1.82, 2.24) is 9.78 Å². The number of carbonyl (C=O) groups excluding carboxylic acids is 1. The van der Waals surface area contributed by atoms with Crippen molar-refractivity contribution < 1.29 is 4.79 Å². The fourth-order valence-corrected chi connectivity index (χ4v) is 2.26. The molecule has 2 aromatic rings. The highest BCUT2D eigenvalue weighted by molar-refractivity contribution is 6.31. The Labute approximate surface area is 141 Å². The second kappa shape index (κ2) is 6.80. The van der Waals surface area contributed by atoms with Gasteiger partial charge in [-0.3, -0.25) is 9.48 Å². The summed E-state index contributed by atoms with van der Waals surface area (Å²) in [5, 5.41) is 14.2. The third-order valence-electron chi connectivity index (χ3n) is 3.30. The number of nitrogens with zero attached hydrogens (tertiary/aromatic N) is 3. The zero-order chi connectivity index (χ0) is 17.0. The van der Waals surface area contributed by atoms with Gasteiger partial charge in [0, 0.05) is 22.2 Å². The molecule has 0 radical (unpaired) electrons. The average Bonchev–Trinajstić information content (AvgIpc) is 2.93. The smallest absolute Gasteiger partial charge is 0.178 e. The number of hydrogen-bond acceptors (Lipinski definition) is 3. The van der Waals surface area contributed by atoms with E-state index in [0.717, 1.165) is 5.56 Å². The SMILES string of the molecule is CC(C)(C)C(=O)/C(C#N)=C/c1cnn(Cc2ccccc2Cl)c1. The minimum absolute atomic E-state index is 0.134. The van der Waals surface area contributed by atoms with E-state index in [9.17, 15) is 10.1 Å². The van der Waals surface area contributed by atoms with Gasteiger partial charge in [-0.05, 0) is 17.7 Å². The lowest BCUT2D eigenvalue weighted by molar-refractivity contribution is -0.121. The predicted octanol–water partition coefficient (Wildman–Crippen LogP) is 4.11. The van der Waals surface area contributed by atoms with Crippen LogP contribution in [0.5, 0.6) is 0 Å². The first-order valence-corrected chi connectivity index (χ1v) is 7.61. The second-order valence-corrected chi connectivity index (χ2v) is 6.72. The third kappa shape index (κ3) is 4.30. The Bertz CT molecular complexity index is 791. The van der Waals surface area contributed by atoms with E-state index in [0.29, 0.717) is 17.1 Å². The molecule has 0 fully saturated rings. The van der Waals surface area contributed by atoms with E-state index < -0.39 is 5.41 Å². The Morgan fingerprint density at radius 1 is 1.39 bits per heavy atom. The minimum atomic E-state index is -0.588. The molecule has 2 rings (SSSR count). The van der Waals surface area contributed by atoms with Crippen molar-refractivity contribution in [2.75, 3.05) is 0 Å². The van der Waals surface area contributed by atoms with Crippen LogP contribution in [0.2, 0.25) is 5.02 Å². The molecule has 1 aromatic carbocycles. The molecule has 0 aliphatic heterocycles. The topological polar surface area (TPSA) is 58.7 Å². The van der Waals surface area contributed by atoms with Gasteiger partial charge in [-0.15, -0.1) is 0 Å². The Morgan fingerprint density at radius 3 is 2.70 bits per heavy atom. The number of aromatic nitrogens is 2. The number of ketones is 1. The molecule has 5 heteroatoms. The van der Waals surface area contributed by atoms with Gasteiger partial charge in [-0.1, -0.05) is 50.6 Å². The van der Waals surface area contributed by atoms with Gasteiger partial charge in [0.1, 0.15) is 6.07 Å². The Morgan fingerprint density at radius 2 is 2.09 bits per heavy atom. The quantitative estimate of drug-likeness (QED) is 0.627. The van der Waals surface area contributed by atoms with E-state index >= 15 is 0 Å². The summed E-state index contributed by atoms with van der Waals surface area (Å²) in [6, 6.07) is 9.54. The third-order valence-corrected chi connectivity index (χ3v) is 3.67. The van der Waals surface area contributed by atoms with Gasteiger partial charge in [-0.2, -0.15) is 10.4 Å². The van der Waals surface area contributed by atoms with Crippen molar-refractivity contribution in [2.45, 2.75) is 27.3 Å². The van der Waals surface area contributed by atoms with Crippen LogP contribution in [-0.4, -0.2) is 15.6 Å². The van der Waals surface area contributed by atoms with Crippen LogP contribution in [0.15, 0.2) is 42.2 Å². The fraction of sp³-hybridized carbons (Fsp3) is 0.278. The van der Waals surface area contributed by atoms with Crippen LogP contribution in [0.3, 0.4) is 0 Å². The number of rotatable bonds is 4. The summed E-state index contributed by atoms with van der Waals surface area (Å²) in [7, 11) is 0. The van der Waals surface area contributed by atoms with E-state index in [1.54, 1.807) is 43.9 Å². The van der Waals surface area contributed by atoms with E-state index in [4.69, 9.17) is 11.6 Å². The minimum Gasteiger partial charge on any atom is -0.293 e. The molecule has 0 amide bonds. The largest absolute Gasteiger partial charge is 0.293 e. The maximum absolute atomic E-state index is 12.2. The number of hydrogen-bond donors (Lipinski definition) is 0. The summed E-state index contributed by atoms with van der Waals surface area (Å²) in [6.45, 7) is 5.91. The lowest BCUT2D eigenvalue weighted by atomic mass is 9.86. The van der Waals surface area contributed by atoms with Gasteiger partial charge in [0.05, 0.1) is 18.3 Å². The molecule has 0 atom stereocenters. The average molecular weight is 328 g/mol. The second-order valence-electron chi connectivity index (χ2n) is 6.31. The van der Waals surface area contributed by atoms with Crippen LogP contribution in [0.1, 0.15) is 31.9 Å². The van der Waals surface area contributed by atoms with Crippen LogP contribution < -0.4 is 0 Å². The van der Waals surface area contributed by atoms with Crippen molar-refractivity contribution >= 4 is 23.5 Å². The van der Waals surface area contributed by atoms with Crippen molar-refractivity contribution in [2.24, 2.45) is 5.41 Å². The van der Waals surface area contributed by atoms with Crippen LogP contribution in [0.4, 0.5) is 0 Å². The normalized spacial score (nSPS) is 12.0. The number of carbonyl (C=O) groups is 1. The molecule has 118 valence electrons. The monoisotopic (exact) mass is 327 g/mol. The van der Waals surface area contributed by atoms with Gasteiger partial charge in [-0.25, -0.2) is 0 Å². The van der Waals surface area contributed by atoms with E-state index in [1.165, 1.54) is 0 Å². The lowest BCUT2D eigenvalue weighted by Crippen LogP contribution is -2.21. The molecule has 0 aliphatic rings. The molecule has 1 heterocycles. The number of allylic oxidation sites excluding steroid dienone is 1. The Kier molecular flexibility index (Phi) is 5.02. The standard InChI is InChI=1S/C18H18ClN3O/c1-18(2,3)17(23)15(9-20)8-13-10-21-22(11-13)12-14-6-4-5-7-16(14)19/h4-8,10-11H,12H2,1-3H3/b15-8+. The molecular formula is C18H18ClN3O. The van der Waals surface area contributed by atoms with Crippen molar-refractivity contribution in [3.05, 3.63) is 58.4 Å². The van der Waals surface area contributed by atoms with Gasteiger partial charge in [0.25, 0.3) is 0 Å². The van der Waals surface area contributed by atoms with Gasteiger partial charge >= 0.3 is 0 Å². The summed E-state index contributed by atoms with van der Waals surface area (Å²) in [5.41, 5.74) is 1.22. The highest BCUT2D eigenvalue weighted by Crippen LogP contribution is 2.21. The number of Topliss-reactive ketones (excluding diaryl/α,β-unsaturated/α-hetero) is 1. The van der Waals surface area contributed by atoms with Gasteiger partial charge < -0.3 is 0 Å². The lowest BCUT2D eigenvalue weighted by Gasteiger charge is -2.15. The highest BCUT2D eigenvalue weighted by Gasteiger charge is 2.25. The maximum Gasteiger partial charge on any atom is 0.178 e. The first kappa shape index (κ1) is 17.0. The van der Waals surface area contributed by atoms with Crippen molar-refractivity contribution in [3.8, 4) is 6.07 Å². The zero-order valence-electron chi connectivity index (χ0n) is 13.4. The predicted molar refractivity (Wildman–Crippen MR) is 90.8 cm³/mol. The summed E-state index contributed by atoms with van der Waals surface area (Å²) in [6.07, 6.45) is 4.99. The zero-order valence-corrected chi connectivity index (χ0v) is 14.1. The first-order chi connectivity index (χ1) is 10.8. The molecule has 0 spiro atoms. The van der Waals surface area contributed by atoms with E-state index in [-0.39, 0.29) is 11.4 Å². The van der Waals surface area contributed by atoms with Crippen LogP contribution in [0, 0.1) is 16.7 Å². The number of benzene rings is 1. The number of halogens is 1. The molecule has 0 aliphatic carbocycles. The molecular weight excluding hydrogens is 310 g/mol. The molecule has 0 saturated carbocycles. The fourth-order valence-electron chi connectivity index (χ4n) is 2.06. The summed E-state index contributed by atoms with van der Waals surface area (Å²) in [5.74, 6) is -0.182.